The summed E-state index contributed by atoms with van der Waals surface area (Å²) in [5.74, 6) is 0.129. The average molecular weight is 426 g/mol. The maximum absolute atomic E-state index is 13.3. The van der Waals surface area contributed by atoms with E-state index in [0.29, 0.717) is 17.1 Å². The first-order valence-electron chi connectivity index (χ1n) is 9.26. The Balaban J connectivity index is 1.94. The van der Waals surface area contributed by atoms with Gasteiger partial charge in [0, 0.05) is 18.1 Å². The first kappa shape index (κ1) is 21.3. The summed E-state index contributed by atoms with van der Waals surface area (Å²) < 4.78 is 32.7. The van der Waals surface area contributed by atoms with E-state index in [9.17, 15) is 13.2 Å². The van der Waals surface area contributed by atoms with Crippen LogP contribution in [-0.4, -0.2) is 33.0 Å². The van der Waals surface area contributed by atoms with E-state index in [4.69, 9.17) is 4.74 Å². The first-order chi connectivity index (χ1) is 14.3. The summed E-state index contributed by atoms with van der Waals surface area (Å²) in [5.41, 5.74) is 2.95. The number of carbonyl (C=O) groups is 1. The van der Waals surface area contributed by atoms with Crippen LogP contribution in [0.25, 0.3) is 0 Å². The summed E-state index contributed by atoms with van der Waals surface area (Å²) in [6.45, 7) is 3.46. The highest BCUT2D eigenvalue weighted by molar-refractivity contribution is 7.92. The molecule has 1 aromatic heterocycles. The van der Waals surface area contributed by atoms with Crippen LogP contribution in [-0.2, 0) is 14.8 Å². The van der Waals surface area contributed by atoms with E-state index in [1.54, 1.807) is 30.3 Å². The molecule has 0 aliphatic carbocycles. The Morgan fingerprint density at radius 2 is 1.80 bits per heavy atom. The average Bonchev–Trinajstić information content (AvgIpc) is 2.76. The van der Waals surface area contributed by atoms with Gasteiger partial charge >= 0.3 is 0 Å². The van der Waals surface area contributed by atoms with Gasteiger partial charge in [0.1, 0.15) is 17.2 Å². The highest BCUT2D eigenvalue weighted by Crippen LogP contribution is 2.26. The topological polar surface area (TPSA) is 88.6 Å². The third-order valence-electron chi connectivity index (χ3n) is 4.75. The van der Waals surface area contributed by atoms with Crippen LogP contribution < -0.4 is 14.4 Å². The molecular weight excluding hydrogens is 402 g/mol. The van der Waals surface area contributed by atoms with Crippen molar-refractivity contribution in [3.63, 3.8) is 0 Å². The molecule has 0 aliphatic heterocycles. The molecule has 1 N–H and O–H groups in total. The lowest BCUT2D eigenvalue weighted by Gasteiger charge is -2.24. The third kappa shape index (κ3) is 4.60. The van der Waals surface area contributed by atoms with Crippen LogP contribution in [0.5, 0.6) is 5.75 Å². The van der Waals surface area contributed by atoms with Crippen molar-refractivity contribution in [3.05, 3.63) is 78.1 Å². The molecule has 2 aromatic carbocycles. The van der Waals surface area contributed by atoms with Crippen molar-refractivity contribution in [2.75, 3.05) is 23.3 Å². The summed E-state index contributed by atoms with van der Waals surface area (Å²) in [4.78, 5) is 16.7. The van der Waals surface area contributed by atoms with E-state index in [2.05, 4.69) is 10.3 Å². The molecule has 30 heavy (non-hydrogen) atoms. The van der Waals surface area contributed by atoms with Crippen LogP contribution in [0.3, 0.4) is 0 Å². The number of nitrogens with zero attached hydrogens (tertiary/aromatic N) is 2. The summed E-state index contributed by atoms with van der Waals surface area (Å²) >= 11 is 0. The predicted octanol–water partition coefficient (Wildman–Crippen LogP) is 3.54. The molecule has 156 valence electrons. The first-order valence-corrected chi connectivity index (χ1v) is 10.7. The number of hydrogen-bond donors (Lipinski definition) is 1. The number of carbonyl (C=O) groups excluding carboxylic acids is 1. The molecule has 0 aliphatic rings. The van der Waals surface area contributed by atoms with Crippen LogP contribution in [0.4, 0.5) is 11.4 Å². The van der Waals surface area contributed by atoms with Gasteiger partial charge in [-0.15, -0.1) is 0 Å². The molecule has 0 unspecified atom stereocenters. The quantitative estimate of drug-likeness (QED) is 0.625. The second-order valence-corrected chi connectivity index (χ2v) is 8.56. The number of anilines is 2. The zero-order chi connectivity index (χ0) is 21.7. The highest BCUT2D eigenvalue weighted by Gasteiger charge is 2.27. The number of pyridine rings is 1. The van der Waals surface area contributed by atoms with Crippen LogP contribution in [0, 0.1) is 13.8 Å². The normalized spacial score (nSPS) is 11.0. The number of sulfonamides is 1. The highest BCUT2D eigenvalue weighted by atomic mass is 32.2. The zero-order valence-corrected chi connectivity index (χ0v) is 17.8. The Hall–Kier alpha value is -3.39. The molecule has 0 bridgehead atoms. The number of aryl methyl sites for hydroxylation is 1. The number of aromatic nitrogens is 1. The van der Waals surface area contributed by atoms with Gasteiger partial charge in [-0.05, 0) is 67.4 Å². The largest absolute Gasteiger partial charge is 0.497 e. The van der Waals surface area contributed by atoms with Crippen LogP contribution in [0.15, 0.2) is 71.9 Å². The van der Waals surface area contributed by atoms with Gasteiger partial charge < -0.3 is 10.1 Å². The van der Waals surface area contributed by atoms with Gasteiger partial charge in [-0.1, -0.05) is 12.1 Å². The number of hydrogen-bond acceptors (Lipinski definition) is 5. The second kappa shape index (κ2) is 8.96. The molecule has 3 rings (SSSR count). The Kier molecular flexibility index (Phi) is 6.37. The molecule has 1 amide bonds. The molecule has 0 saturated carbocycles. The lowest BCUT2D eigenvalue weighted by molar-refractivity contribution is -0.114. The smallest absolute Gasteiger partial charge is 0.266 e. The van der Waals surface area contributed by atoms with Crippen molar-refractivity contribution in [3.8, 4) is 5.75 Å². The Morgan fingerprint density at radius 1 is 1.07 bits per heavy atom. The predicted molar refractivity (Wildman–Crippen MR) is 116 cm³/mol. The summed E-state index contributed by atoms with van der Waals surface area (Å²) in [7, 11) is -2.49. The number of nitrogens with one attached hydrogen (secondary N) is 1. The van der Waals surface area contributed by atoms with Gasteiger partial charge in [0.2, 0.25) is 5.91 Å². The lowest BCUT2D eigenvalue weighted by atomic mass is 10.1. The van der Waals surface area contributed by atoms with Crippen molar-refractivity contribution in [1.82, 2.24) is 4.98 Å². The fourth-order valence-corrected chi connectivity index (χ4v) is 4.28. The van der Waals surface area contributed by atoms with Crippen molar-refractivity contribution in [2.24, 2.45) is 0 Å². The Labute approximate surface area is 176 Å². The monoisotopic (exact) mass is 425 g/mol. The van der Waals surface area contributed by atoms with Gasteiger partial charge in [0.15, 0.2) is 0 Å². The minimum absolute atomic E-state index is 0.000328. The molecule has 0 atom stereocenters. The van der Waals surface area contributed by atoms with E-state index in [1.165, 1.54) is 31.6 Å². The van der Waals surface area contributed by atoms with Crippen molar-refractivity contribution in [1.29, 1.82) is 0 Å². The Morgan fingerprint density at radius 3 is 2.43 bits per heavy atom. The molecule has 0 fully saturated rings. The number of rotatable bonds is 7. The second-order valence-electron chi connectivity index (χ2n) is 6.69. The van der Waals surface area contributed by atoms with Crippen molar-refractivity contribution in [2.45, 2.75) is 18.7 Å². The molecular formula is C22H23N3O4S. The molecule has 8 heteroatoms. The fourth-order valence-electron chi connectivity index (χ4n) is 2.90. The molecule has 1 heterocycles. The van der Waals surface area contributed by atoms with Gasteiger partial charge in [0.05, 0.1) is 12.8 Å². The van der Waals surface area contributed by atoms with Gasteiger partial charge in [-0.3, -0.25) is 14.1 Å². The molecule has 0 saturated heterocycles. The maximum atomic E-state index is 13.3. The maximum Gasteiger partial charge on any atom is 0.266 e. The number of benzene rings is 2. The lowest BCUT2D eigenvalue weighted by Crippen LogP contribution is -2.38. The van der Waals surface area contributed by atoms with Crippen LogP contribution in [0.2, 0.25) is 0 Å². The van der Waals surface area contributed by atoms with E-state index >= 15 is 0 Å². The minimum Gasteiger partial charge on any atom is -0.497 e. The van der Waals surface area contributed by atoms with Gasteiger partial charge in [-0.25, -0.2) is 8.42 Å². The molecule has 3 aromatic rings. The summed E-state index contributed by atoms with van der Waals surface area (Å²) in [5, 5.41) is 2.81. The van der Waals surface area contributed by atoms with E-state index < -0.39 is 22.5 Å². The minimum atomic E-state index is -4.01. The van der Waals surface area contributed by atoms with Crippen LogP contribution in [0.1, 0.15) is 11.1 Å². The van der Waals surface area contributed by atoms with Crippen molar-refractivity contribution < 1.29 is 17.9 Å². The zero-order valence-electron chi connectivity index (χ0n) is 17.0. The van der Waals surface area contributed by atoms with Gasteiger partial charge in [0.25, 0.3) is 10.0 Å². The molecule has 7 nitrogen and oxygen atoms in total. The number of ether oxygens (including phenoxy) is 1. The van der Waals surface area contributed by atoms with Gasteiger partial charge in [-0.2, -0.15) is 0 Å². The summed E-state index contributed by atoms with van der Waals surface area (Å²) in [6, 6.07) is 15.0. The fraction of sp³-hybridized carbons (Fsp3) is 0.182. The molecule has 0 radical (unpaired) electrons. The summed E-state index contributed by atoms with van der Waals surface area (Å²) in [6.07, 6.45) is 2.75. The number of methoxy groups -OCH3 is 1. The SMILES string of the molecule is COc1ccc(N(CC(=O)Nc2cccc(C)c2C)S(=O)(=O)c2cccnc2)cc1. The standard InChI is InChI=1S/C22H23N3O4S/c1-16-6-4-8-21(17(16)2)24-22(26)15-25(18-9-11-19(29-3)12-10-18)30(27,28)20-7-5-13-23-14-20/h4-14H,15H2,1-3H3,(H,24,26). The van der Waals surface area contributed by atoms with E-state index in [-0.39, 0.29) is 4.90 Å². The molecule has 0 spiro atoms. The van der Waals surface area contributed by atoms with Crippen LogP contribution >= 0.6 is 0 Å². The van der Waals surface area contributed by atoms with E-state index in [1.807, 2.05) is 26.0 Å². The third-order valence-corrected chi connectivity index (χ3v) is 6.51. The Bertz CT molecular complexity index is 1130. The number of amides is 1. The van der Waals surface area contributed by atoms with E-state index in [0.717, 1.165) is 15.4 Å². The van der Waals surface area contributed by atoms with Crippen molar-refractivity contribution >= 4 is 27.3 Å².